The van der Waals surface area contributed by atoms with E-state index in [0.717, 1.165) is 17.8 Å². The first-order chi connectivity index (χ1) is 9.65. The Labute approximate surface area is 118 Å². The third kappa shape index (κ3) is 2.96. The molecule has 2 N–H and O–H groups in total. The molecule has 0 aromatic carbocycles. The molecule has 0 bridgehead atoms. The number of hydrogen-bond donors (Lipinski definition) is 2. The van der Waals surface area contributed by atoms with Crippen molar-refractivity contribution in [1.29, 1.82) is 0 Å². The third-order valence-electron chi connectivity index (χ3n) is 2.88. The molecule has 20 heavy (non-hydrogen) atoms. The van der Waals surface area contributed by atoms with Crippen LogP contribution in [0.5, 0.6) is 0 Å². The van der Waals surface area contributed by atoms with Crippen LogP contribution in [0.4, 0.5) is 11.5 Å². The molecule has 0 saturated carbocycles. The molecule has 2 aromatic heterocycles. The number of aromatic nitrogens is 3. The molecule has 6 heteroatoms. The molecule has 0 atom stereocenters. The molecule has 2 aromatic rings. The molecule has 106 valence electrons. The maximum absolute atomic E-state index is 12.4. The zero-order valence-electron chi connectivity index (χ0n) is 12.0. The van der Waals surface area contributed by atoms with Gasteiger partial charge in [0.25, 0.3) is 5.91 Å². The summed E-state index contributed by atoms with van der Waals surface area (Å²) < 4.78 is 1.70. The third-order valence-corrected chi connectivity index (χ3v) is 2.88. The first-order valence-electron chi connectivity index (χ1n) is 6.68. The average Bonchev–Trinajstić information content (AvgIpc) is 2.79. The highest BCUT2D eigenvalue weighted by atomic mass is 16.1. The van der Waals surface area contributed by atoms with Crippen molar-refractivity contribution in [1.82, 2.24) is 14.8 Å². The second kappa shape index (κ2) is 6.18. The Kier molecular flexibility index (Phi) is 4.34. The van der Waals surface area contributed by atoms with E-state index in [1.807, 2.05) is 20.9 Å². The van der Waals surface area contributed by atoms with Gasteiger partial charge in [-0.2, -0.15) is 5.10 Å². The van der Waals surface area contributed by atoms with Gasteiger partial charge in [-0.05, 0) is 25.5 Å². The Balaban J connectivity index is 2.23. The van der Waals surface area contributed by atoms with E-state index in [4.69, 9.17) is 0 Å². The number of anilines is 2. The van der Waals surface area contributed by atoms with Crippen molar-refractivity contribution in [2.45, 2.75) is 20.3 Å². The summed E-state index contributed by atoms with van der Waals surface area (Å²) in [5.41, 5.74) is 2.14. The molecule has 2 rings (SSSR count). The van der Waals surface area contributed by atoms with Crippen molar-refractivity contribution in [3.05, 3.63) is 35.8 Å². The number of rotatable bonds is 5. The maximum Gasteiger partial charge on any atom is 0.259 e. The monoisotopic (exact) mass is 273 g/mol. The lowest BCUT2D eigenvalue weighted by Crippen LogP contribution is -2.16. The number of aryl methyl sites for hydroxylation is 2. The zero-order valence-corrected chi connectivity index (χ0v) is 12.0. The fraction of sp³-hybridized carbons (Fsp3) is 0.357. The summed E-state index contributed by atoms with van der Waals surface area (Å²) in [5.74, 6) is 0.409. The van der Waals surface area contributed by atoms with Crippen LogP contribution in [-0.4, -0.2) is 27.2 Å². The van der Waals surface area contributed by atoms with Crippen molar-refractivity contribution in [3.8, 4) is 0 Å². The van der Waals surface area contributed by atoms with Gasteiger partial charge in [0.1, 0.15) is 5.82 Å². The van der Waals surface area contributed by atoms with E-state index in [0.29, 0.717) is 17.9 Å². The van der Waals surface area contributed by atoms with Crippen molar-refractivity contribution < 1.29 is 4.79 Å². The van der Waals surface area contributed by atoms with E-state index in [1.54, 1.807) is 29.2 Å². The van der Waals surface area contributed by atoms with Crippen molar-refractivity contribution in [2.24, 2.45) is 7.05 Å². The predicted molar refractivity (Wildman–Crippen MR) is 78.9 cm³/mol. The number of amides is 1. The minimum Gasteiger partial charge on any atom is -0.370 e. The number of nitrogens with zero attached hydrogens (tertiary/aromatic N) is 3. The minimum absolute atomic E-state index is 0.184. The lowest BCUT2D eigenvalue weighted by Gasteiger charge is -2.09. The Hall–Kier alpha value is -2.37. The fourth-order valence-electron chi connectivity index (χ4n) is 1.99. The van der Waals surface area contributed by atoms with Gasteiger partial charge in [0.2, 0.25) is 0 Å². The van der Waals surface area contributed by atoms with Gasteiger partial charge in [0.05, 0.1) is 16.9 Å². The molecule has 0 radical (unpaired) electrons. The molecule has 0 unspecified atom stereocenters. The van der Waals surface area contributed by atoms with Gasteiger partial charge in [-0.25, -0.2) is 4.98 Å². The molecule has 0 aliphatic heterocycles. The lowest BCUT2D eigenvalue weighted by molar-refractivity contribution is 0.102. The van der Waals surface area contributed by atoms with Crippen LogP contribution >= 0.6 is 0 Å². The van der Waals surface area contributed by atoms with Crippen molar-refractivity contribution in [2.75, 3.05) is 17.2 Å². The van der Waals surface area contributed by atoms with Crippen LogP contribution in [0.25, 0.3) is 0 Å². The fourth-order valence-corrected chi connectivity index (χ4v) is 1.99. The van der Waals surface area contributed by atoms with E-state index < -0.39 is 0 Å². The van der Waals surface area contributed by atoms with Crippen molar-refractivity contribution in [3.63, 3.8) is 0 Å². The number of hydrogen-bond acceptors (Lipinski definition) is 4. The summed E-state index contributed by atoms with van der Waals surface area (Å²) in [6.45, 7) is 4.68. The van der Waals surface area contributed by atoms with Gasteiger partial charge in [0, 0.05) is 26.0 Å². The number of carbonyl (C=O) groups excluding carboxylic acids is 1. The van der Waals surface area contributed by atoms with Crippen LogP contribution in [-0.2, 0) is 13.5 Å². The molecule has 0 aliphatic carbocycles. The summed E-state index contributed by atoms with van der Waals surface area (Å²) in [7, 11) is 1.84. The van der Waals surface area contributed by atoms with Crippen LogP contribution in [0.2, 0.25) is 0 Å². The van der Waals surface area contributed by atoms with Crippen LogP contribution in [0.3, 0.4) is 0 Å². The summed E-state index contributed by atoms with van der Waals surface area (Å²) >= 11 is 0. The Bertz CT molecular complexity index is 605. The standard InChI is InChI=1S/C14H19N5O/c1-4-11-12(9-19(3)18-11)17-14(20)10-7-6-8-16-13(10)15-5-2/h6-9H,4-5H2,1-3H3,(H,15,16)(H,17,20). The minimum atomic E-state index is -0.184. The maximum atomic E-state index is 12.4. The van der Waals surface area contributed by atoms with E-state index in [2.05, 4.69) is 20.7 Å². The Morgan fingerprint density at radius 2 is 2.20 bits per heavy atom. The second-order valence-corrected chi connectivity index (χ2v) is 4.40. The van der Waals surface area contributed by atoms with Crippen LogP contribution < -0.4 is 10.6 Å². The van der Waals surface area contributed by atoms with Gasteiger partial charge < -0.3 is 10.6 Å². The van der Waals surface area contributed by atoms with E-state index in [-0.39, 0.29) is 5.91 Å². The van der Waals surface area contributed by atoms with Gasteiger partial charge in [-0.1, -0.05) is 6.92 Å². The van der Waals surface area contributed by atoms with Crippen LogP contribution in [0.1, 0.15) is 29.9 Å². The highest BCUT2D eigenvalue weighted by Crippen LogP contribution is 2.17. The smallest absolute Gasteiger partial charge is 0.259 e. The topological polar surface area (TPSA) is 71.8 Å². The van der Waals surface area contributed by atoms with Gasteiger partial charge in [0.15, 0.2) is 0 Å². The highest BCUT2D eigenvalue weighted by Gasteiger charge is 2.14. The van der Waals surface area contributed by atoms with Crippen LogP contribution in [0.15, 0.2) is 24.5 Å². The number of nitrogens with one attached hydrogen (secondary N) is 2. The highest BCUT2D eigenvalue weighted by molar-refractivity contribution is 6.07. The van der Waals surface area contributed by atoms with E-state index in [9.17, 15) is 4.79 Å². The van der Waals surface area contributed by atoms with Gasteiger partial charge in [-0.15, -0.1) is 0 Å². The SMILES string of the molecule is CCNc1ncccc1C(=O)Nc1cn(C)nc1CC. The summed E-state index contributed by atoms with van der Waals surface area (Å²) in [4.78, 5) is 16.5. The lowest BCUT2D eigenvalue weighted by atomic mass is 10.2. The first kappa shape index (κ1) is 14.0. The molecule has 2 heterocycles. The normalized spacial score (nSPS) is 10.3. The molecule has 0 fully saturated rings. The number of pyridine rings is 1. The summed E-state index contributed by atoms with van der Waals surface area (Å²) in [5, 5.41) is 10.3. The second-order valence-electron chi connectivity index (χ2n) is 4.40. The van der Waals surface area contributed by atoms with E-state index >= 15 is 0 Å². The Morgan fingerprint density at radius 3 is 2.90 bits per heavy atom. The van der Waals surface area contributed by atoms with Crippen LogP contribution in [0, 0.1) is 0 Å². The molecule has 0 saturated heterocycles. The first-order valence-corrected chi connectivity index (χ1v) is 6.68. The van der Waals surface area contributed by atoms with E-state index in [1.165, 1.54) is 0 Å². The summed E-state index contributed by atoms with van der Waals surface area (Å²) in [6, 6.07) is 3.50. The average molecular weight is 273 g/mol. The Morgan fingerprint density at radius 1 is 1.40 bits per heavy atom. The van der Waals surface area contributed by atoms with Crippen molar-refractivity contribution >= 4 is 17.4 Å². The van der Waals surface area contributed by atoms with Gasteiger partial charge >= 0.3 is 0 Å². The molecule has 6 nitrogen and oxygen atoms in total. The molecule has 0 aliphatic rings. The predicted octanol–water partition coefficient (Wildman–Crippen LogP) is 2.06. The number of carbonyl (C=O) groups is 1. The molecule has 0 spiro atoms. The summed E-state index contributed by atoms with van der Waals surface area (Å²) in [6.07, 6.45) is 4.24. The molecule has 1 amide bonds. The quantitative estimate of drug-likeness (QED) is 0.874. The molecular formula is C14H19N5O. The zero-order chi connectivity index (χ0) is 14.5. The molecular weight excluding hydrogens is 254 g/mol. The van der Waals surface area contributed by atoms with Gasteiger partial charge in [-0.3, -0.25) is 9.48 Å². The largest absolute Gasteiger partial charge is 0.370 e.